The van der Waals surface area contributed by atoms with Crippen LogP contribution < -0.4 is 14.8 Å². The van der Waals surface area contributed by atoms with Crippen LogP contribution in [0.15, 0.2) is 72.8 Å². The molecule has 0 radical (unpaired) electrons. The summed E-state index contributed by atoms with van der Waals surface area (Å²) in [5.74, 6) is 1.12. The van der Waals surface area contributed by atoms with Crippen LogP contribution >= 0.6 is 11.6 Å². The zero-order chi connectivity index (χ0) is 18.4. The number of nitrogens with one attached hydrogen (secondary N) is 1. The first-order valence-corrected chi connectivity index (χ1v) is 8.45. The number of halogens is 1. The molecule has 0 heterocycles. The van der Waals surface area contributed by atoms with Crippen molar-refractivity contribution in [2.75, 3.05) is 12.4 Å². The quantitative estimate of drug-likeness (QED) is 0.653. The van der Waals surface area contributed by atoms with Gasteiger partial charge in [0.05, 0.1) is 12.8 Å². The number of anilines is 1. The molecule has 0 atom stereocenters. The molecule has 0 unspecified atom stereocenters. The smallest absolute Gasteiger partial charge is 0.255 e. The third-order valence-electron chi connectivity index (χ3n) is 3.77. The normalized spacial score (nSPS) is 10.2. The Morgan fingerprint density at radius 3 is 2.42 bits per heavy atom. The van der Waals surface area contributed by atoms with Crippen molar-refractivity contribution in [3.8, 4) is 11.5 Å². The Labute approximate surface area is 157 Å². The molecule has 0 bridgehead atoms. The van der Waals surface area contributed by atoms with Crippen LogP contribution in [-0.4, -0.2) is 13.0 Å². The molecular weight excluding hydrogens is 350 g/mol. The summed E-state index contributed by atoms with van der Waals surface area (Å²) >= 11 is 5.99. The summed E-state index contributed by atoms with van der Waals surface area (Å²) in [5.41, 5.74) is 2.04. The lowest BCUT2D eigenvalue weighted by molar-refractivity contribution is 0.102. The van der Waals surface area contributed by atoms with E-state index >= 15 is 0 Å². The number of hydrogen-bond acceptors (Lipinski definition) is 3. The molecule has 0 aliphatic rings. The number of rotatable bonds is 6. The Bertz CT molecular complexity index is 880. The summed E-state index contributed by atoms with van der Waals surface area (Å²) < 4.78 is 10.9. The van der Waals surface area contributed by atoms with Gasteiger partial charge in [0, 0.05) is 10.6 Å². The highest BCUT2D eigenvalue weighted by atomic mass is 35.5. The van der Waals surface area contributed by atoms with Crippen LogP contribution in [0.25, 0.3) is 0 Å². The van der Waals surface area contributed by atoms with E-state index in [9.17, 15) is 4.79 Å². The molecule has 1 amide bonds. The van der Waals surface area contributed by atoms with Crippen molar-refractivity contribution in [2.45, 2.75) is 6.61 Å². The van der Waals surface area contributed by atoms with Crippen LogP contribution in [0, 0.1) is 0 Å². The molecule has 4 nitrogen and oxygen atoms in total. The molecule has 0 spiro atoms. The van der Waals surface area contributed by atoms with E-state index in [4.69, 9.17) is 21.1 Å². The van der Waals surface area contributed by atoms with Crippen molar-refractivity contribution in [3.63, 3.8) is 0 Å². The minimum Gasteiger partial charge on any atom is -0.495 e. The predicted molar refractivity (Wildman–Crippen MR) is 103 cm³/mol. The molecule has 26 heavy (non-hydrogen) atoms. The van der Waals surface area contributed by atoms with Gasteiger partial charge in [0.25, 0.3) is 5.91 Å². The summed E-state index contributed by atoms with van der Waals surface area (Å²) in [6.07, 6.45) is 0. The lowest BCUT2D eigenvalue weighted by atomic mass is 10.1. The summed E-state index contributed by atoms with van der Waals surface area (Å²) in [6, 6.07) is 21.9. The monoisotopic (exact) mass is 367 g/mol. The van der Waals surface area contributed by atoms with Gasteiger partial charge >= 0.3 is 0 Å². The lowest BCUT2D eigenvalue weighted by Crippen LogP contribution is -2.12. The highest BCUT2D eigenvalue weighted by Crippen LogP contribution is 2.28. The Hall–Kier alpha value is -2.98. The zero-order valence-electron chi connectivity index (χ0n) is 14.2. The fourth-order valence-corrected chi connectivity index (χ4v) is 2.58. The van der Waals surface area contributed by atoms with Gasteiger partial charge in [-0.1, -0.05) is 41.9 Å². The summed E-state index contributed by atoms with van der Waals surface area (Å²) in [7, 11) is 1.54. The maximum absolute atomic E-state index is 12.4. The third-order valence-corrected chi connectivity index (χ3v) is 4.01. The van der Waals surface area contributed by atoms with E-state index < -0.39 is 0 Å². The highest BCUT2D eigenvalue weighted by molar-refractivity contribution is 6.31. The van der Waals surface area contributed by atoms with Gasteiger partial charge in [-0.05, 0) is 48.0 Å². The average molecular weight is 368 g/mol. The van der Waals surface area contributed by atoms with Crippen molar-refractivity contribution in [1.29, 1.82) is 0 Å². The average Bonchev–Trinajstić information content (AvgIpc) is 2.68. The van der Waals surface area contributed by atoms with E-state index in [1.165, 1.54) is 0 Å². The molecule has 0 aliphatic heterocycles. The van der Waals surface area contributed by atoms with Crippen LogP contribution in [0.3, 0.4) is 0 Å². The number of carbonyl (C=O) groups excluding carboxylic acids is 1. The highest BCUT2D eigenvalue weighted by Gasteiger charge is 2.10. The van der Waals surface area contributed by atoms with Gasteiger partial charge in [-0.15, -0.1) is 0 Å². The second kappa shape index (κ2) is 8.41. The van der Waals surface area contributed by atoms with Gasteiger partial charge < -0.3 is 14.8 Å². The van der Waals surface area contributed by atoms with E-state index in [1.807, 2.05) is 42.5 Å². The molecule has 3 aromatic carbocycles. The molecule has 0 saturated carbocycles. The van der Waals surface area contributed by atoms with Gasteiger partial charge in [0.15, 0.2) is 0 Å². The first-order valence-electron chi connectivity index (χ1n) is 8.07. The molecule has 5 heteroatoms. The fourth-order valence-electron chi connectivity index (χ4n) is 2.41. The Balaban J connectivity index is 1.64. The maximum atomic E-state index is 12.4. The maximum Gasteiger partial charge on any atom is 0.255 e. The van der Waals surface area contributed by atoms with Gasteiger partial charge in [0.2, 0.25) is 0 Å². The molecule has 0 fully saturated rings. The first-order chi connectivity index (χ1) is 12.7. The van der Waals surface area contributed by atoms with Crippen LogP contribution in [-0.2, 0) is 6.61 Å². The molecule has 0 aromatic heterocycles. The number of amides is 1. The van der Waals surface area contributed by atoms with E-state index in [-0.39, 0.29) is 5.91 Å². The second-order valence-electron chi connectivity index (χ2n) is 5.60. The number of ether oxygens (including phenoxy) is 2. The van der Waals surface area contributed by atoms with E-state index in [1.54, 1.807) is 37.4 Å². The molecule has 1 N–H and O–H groups in total. The molecular formula is C21H18ClNO3. The van der Waals surface area contributed by atoms with Gasteiger partial charge in [-0.3, -0.25) is 4.79 Å². The number of benzene rings is 3. The van der Waals surface area contributed by atoms with E-state index in [0.29, 0.717) is 28.6 Å². The number of para-hydroxylation sites is 1. The van der Waals surface area contributed by atoms with Gasteiger partial charge in [-0.25, -0.2) is 0 Å². The van der Waals surface area contributed by atoms with E-state index in [0.717, 1.165) is 11.3 Å². The molecule has 0 saturated heterocycles. The predicted octanol–water partition coefficient (Wildman–Crippen LogP) is 5.18. The summed E-state index contributed by atoms with van der Waals surface area (Å²) in [5, 5.41) is 3.34. The largest absolute Gasteiger partial charge is 0.495 e. The molecule has 3 aromatic rings. The van der Waals surface area contributed by atoms with Crippen molar-refractivity contribution in [2.24, 2.45) is 0 Å². The van der Waals surface area contributed by atoms with Crippen LogP contribution in [0.2, 0.25) is 5.02 Å². The van der Waals surface area contributed by atoms with Crippen molar-refractivity contribution < 1.29 is 14.3 Å². The SMILES string of the molecule is COc1ccc(Cl)cc1NC(=O)c1ccc(COc2ccccc2)cc1. The Morgan fingerprint density at radius 2 is 1.73 bits per heavy atom. The Morgan fingerprint density at radius 1 is 1.00 bits per heavy atom. The Kier molecular flexibility index (Phi) is 5.77. The van der Waals surface area contributed by atoms with Crippen LogP contribution in [0.5, 0.6) is 11.5 Å². The lowest BCUT2D eigenvalue weighted by Gasteiger charge is -2.11. The number of carbonyl (C=O) groups is 1. The second-order valence-corrected chi connectivity index (χ2v) is 6.03. The van der Waals surface area contributed by atoms with E-state index in [2.05, 4.69) is 5.32 Å². The van der Waals surface area contributed by atoms with Crippen molar-refractivity contribution in [1.82, 2.24) is 0 Å². The third kappa shape index (κ3) is 4.55. The first kappa shape index (κ1) is 17.8. The minimum atomic E-state index is -0.235. The molecule has 3 rings (SSSR count). The molecule has 0 aliphatic carbocycles. The van der Waals surface area contributed by atoms with Crippen LogP contribution in [0.4, 0.5) is 5.69 Å². The number of hydrogen-bond donors (Lipinski definition) is 1. The molecule has 132 valence electrons. The van der Waals surface area contributed by atoms with Crippen molar-refractivity contribution in [3.05, 3.63) is 88.9 Å². The van der Waals surface area contributed by atoms with Gasteiger partial charge in [-0.2, -0.15) is 0 Å². The minimum absolute atomic E-state index is 0.235. The topological polar surface area (TPSA) is 47.6 Å². The summed E-state index contributed by atoms with van der Waals surface area (Å²) in [6.45, 7) is 0.439. The standard InChI is InChI=1S/C21H18ClNO3/c1-25-20-12-11-17(22)13-19(20)23-21(24)16-9-7-15(8-10-16)14-26-18-5-3-2-4-6-18/h2-13H,14H2,1H3,(H,23,24). The van der Waals surface area contributed by atoms with Crippen LogP contribution in [0.1, 0.15) is 15.9 Å². The zero-order valence-corrected chi connectivity index (χ0v) is 15.0. The fraction of sp³-hybridized carbons (Fsp3) is 0.0952. The summed E-state index contributed by atoms with van der Waals surface area (Å²) in [4.78, 5) is 12.4. The number of methoxy groups -OCH3 is 1. The van der Waals surface area contributed by atoms with Gasteiger partial charge in [0.1, 0.15) is 18.1 Å². The van der Waals surface area contributed by atoms with Crippen molar-refractivity contribution >= 4 is 23.2 Å².